The summed E-state index contributed by atoms with van der Waals surface area (Å²) in [5.74, 6) is -5.43. The van der Waals surface area contributed by atoms with Gasteiger partial charge in [0.25, 0.3) is 0 Å². The van der Waals surface area contributed by atoms with Gasteiger partial charge in [0.15, 0.2) is 23.6 Å². The largest absolute Gasteiger partial charge is 0.459 e. The van der Waals surface area contributed by atoms with Gasteiger partial charge < -0.3 is 24.4 Å². The minimum Gasteiger partial charge on any atom is -0.459 e. The number of ether oxygens (including phenoxy) is 3. The SMILES string of the molecule is C=C1C(=O)O[C@H]2[C@@H]1[C@H](O)[C@@H](OC(=O)C(C)C)[C@@H](C)CCC(=O)[C@@](C)(O)[C@H]2OC(=O)C(C)C. The van der Waals surface area contributed by atoms with Crippen LogP contribution in [0.3, 0.4) is 0 Å². The van der Waals surface area contributed by atoms with Crippen LogP contribution in [0.4, 0.5) is 0 Å². The smallest absolute Gasteiger partial charge is 0.334 e. The number of esters is 3. The van der Waals surface area contributed by atoms with Gasteiger partial charge in [0.05, 0.1) is 17.8 Å². The summed E-state index contributed by atoms with van der Waals surface area (Å²) in [6, 6.07) is 0. The molecule has 9 nitrogen and oxygen atoms in total. The molecule has 0 aromatic heterocycles. The van der Waals surface area contributed by atoms with E-state index in [1.165, 1.54) is 6.92 Å². The normalized spacial score (nSPS) is 36.0. The van der Waals surface area contributed by atoms with Gasteiger partial charge in [-0.05, 0) is 19.3 Å². The van der Waals surface area contributed by atoms with Crippen molar-refractivity contribution in [2.45, 2.75) is 84.4 Å². The second-order valence-electron chi connectivity index (χ2n) is 9.57. The Morgan fingerprint density at radius 1 is 1.12 bits per heavy atom. The second-order valence-corrected chi connectivity index (χ2v) is 9.57. The maximum Gasteiger partial charge on any atom is 0.334 e. The third kappa shape index (κ3) is 5.04. The summed E-state index contributed by atoms with van der Waals surface area (Å²) in [5, 5.41) is 22.4. The molecule has 0 unspecified atom stereocenters. The number of hydrogen-bond acceptors (Lipinski definition) is 9. The Balaban J connectivity index is 2.58. The summed E-state index contributed by atoms with van der Waals surface area (Å²) in [5.41, 5.74) is -2.30. The molecule has 0 bridgehead atoms. The number of hydrogen-bond donors (Lipinski definition) is 2. The van der Waals surface area contributed by atoms with Crippen molar-refractivity contribution in [3.8, 4) is 0 Å². The Morgan fingerprint density at radius 2 is 1.66 bits per heavy atom. The summed E-state index contributed by atoms with van der Waals surface area (Å²) in [4.78, 5) is 50.1. The van der Waals surface area contributed by atoms with Crippen molar-refractivity contribution in [3.63, 3.8) is 0 Å². The number of ketones is 1. The van der Waals surface area contributed by atoms with Gasteiger partial charge in [0.1, 0.15) is 12.2 Å². The molecule has 2 N–H and O–H groups in total. The summed E-state index contributed by atoms with van der Waals surface area (Å²) in [6.07, 6.45) is -5.42. The van der Waals surface area contributed by atoms with E-state index in [4.69, 9.17) is 14.2 Å². The summed E-state index contributed by atoms with van der Waals surface area (Å²) < 4.78 is 16.4. The first kappa shape index (κ1) is 26.0. The van der Waals surface area contributed by atoms with Crippen molar-refractivity contribution in [2.75, 3.05) is 0 Å². The zero-order valence-corrected chi connectivity index (χ0v) is 19.5. The predicted molar refractivity (Wildman–Crippen MR) is 112 cm³/mol. The van der Waals surface area contributed by atoms with E-state index in [1.54, 1.807) is 34.6 Å². The maximum absolute atomic E-state index is 13.0. The highest BCUT2D eigenvalue weighted by Crippen LogP contribution is 2.41. The van der Waals surface area contributed by atoms with E-state index in [9.17, 15) is 29.4 Å². The first-order chi connectivity index (χ1) is 14.7. The van der Waals surface area contributed by atoms with Gasteiger partial charge >= 0.3 is 17.9 Å². The average molecular weight is 455 g/mol. The molecule has 1 heterocycles. The predicted octanol–water partition coefficient (Wildman–Crippen LogP) is 1.33. The molecule has 1 aliphatic carbocycles. The summed E-state index contributed by atoms with van der Waals surface area (Å²) in [7, 11) is 0. The van der Waals surface area contributed by atoms with E-state index in [0.29, 0.717) is 0 Å². The highest BCUT2D eigenvalue weighted by molar-refractivity contribution is 5.92. The molecule has 32 heavy (non-hydrogen) atoms. The minimum atomic E-state index is -2.18. The Labute approximate surface area is 188 Å². The molecule has 2 aliphatic rings. The molecule has 1 saturated heterocycles. The Kier molecular flexibility index (Phi) is 7.88. The van der Waals surface area contributed by atoms with Crippen molar-refractivity contribution in [1.29, 1.82) is 0 Å². The molecule has 0 spiro atoms. The van der Waals surface area contributed by atoms with E-state index >= 15 is 0 Å². The zero-order valence-electron chi connectivity index (χ0n) is 19.5. The molecule has 0 radical (unpaired) electrons. The number of rotatable bonds is 4. The average Bonchev–Trinajstić information content (AvgIpc) is 2.99. The third-order valence-corrected chi connectivity index (χ3v) is 6.21. The lowest BCUT2D eigenvalue weighted by Gasteiger charge is -2.41. The van der Waals surface area contributed by atoms with Crippen LogP contribution in [-0.2, 0) is 33.4 Å². The van der Waals surface area contributed by atoms with Crippen LogP contribution < -0.4 is 0 Å². The summed E-state index contributed by atoms with van der Waals surface area (Å²) >= 11 is 0. The molecule has 1 aliphatic heterocycles. The number of Topliss-reactive ketones (excluding diaryl/α,β-unsaturated/α-hetero) is 1. The fourth-order valence-electron chi connectivity index (χ4n) is 3.95. The lowest BCUT2D eigenvalue weighted by atomic mass is 9.75. The van der Waals surface area contributed by atoms with E-state index in [0.717, 1.165) is 0 Å². The molecule has 0 aromatic carbocycles. The first-order valence-electron chi connectivity index (χ1n) is 10.9. The Hall–Kier alpha value is -2.26. The van der Waals surface area contributed by atoms with E-state index in [1.807, 2.05) is 0 Å². The highest BCUT2D eigenvalue weighted by atomic mass is 16.6. The van der Waals surface area contributed by atoms with Crippen LogP contribution in [0, 0.1) is 23.7 Å². The first-order valence-corrected chi connectivity index (χ1v) is 10.9. The van der Waals surface area contributed by atoms with Gasteiger partial charge in [-0.25, -0.2) is 4.79 Å². The van der Waals surface area contributed by atoms with Crippen LogP contribution in [0.1, 0.15) is 54.4 Å². The zero-order chi connectivity index (χ0) is 24.5. The maximum atomic E-state index is 13.0. The third-order valence-electron chi connectivity index (χ3n) is 6.21. The van der Waals surface area contributed by atoms with Crippen molar-refractivity contribution in [1.82, 2.24) is 0 Å². The molecular weight excluding hydrogens is 420 g/mol. The fourth-order valence-corrected chi connectivity index (χ4v) is 3.95. The quantitative estimate of drug-likeness (QED) is 0.366. The Bertz CT molecular complexity index is 782. The topological polar surface area (TPSA) is 136 Å². The van der Waals surface area contributed by atoms with Gasteiger partial charge in [-0.2, -0.15) is 0 Å². The minimum absolute atomic E-state index is 0.116. The second kappa shape index (κ2) is 9.70. The van der Waals surface area contributed by atoms with E-state index < -0.39 is 77.4 Å². The summed E-state index contributed by atoms with van der Waals surface area (Å²) in [6.45, 7) is 13.1. The van der Waals surface area contributed by atoms with E-state index in [-0.39, 0.29) is 18.4 Å². The number of aliphatic hydroxyl groups is 2. The fraction of sp³-hybridized carbons (Fsp3) is 0.739. The molecule has 2 fully saturated rings. The molecule has 0 aromatic rings. The van der Waals surface area contributed by atoms with Crippen LogP contribution in [0.15, 0.2) is 12.2 Å². The number of fused-ring (bicyclic) bond motifs is 1. The molecular formula is C23H34O9. The van der Waals surface area contributed by atoms with Gasteiger partial charge in [0.2, 0.25) is 0 Å². The molecule has 2 rings (SSSR count). The number of carbonyl (C=O) groups is 4. The lowest BCUT2D eigenvalue weighted by Crippen LogP contribution is -2.59. The highest BCUT2D eigenvalue weighted by Gasteiger charge is 2.58. The lowest BCUT2D eigenvalue weighted by molar-refractivity contribution is -0.198. The Morgan fingerprint density at radius 3 is 2.19 bits per heavy atom. The van der Waals surface area contributed by atoms with Crippen LogP contribution in [-0.4, -0.2) is 63.9 Å². The van der Waals surface area contributed by atoms with Gasteiger partial charge in [0, 0.05) is 12.0 Å². The van der Waals surface area contributed by atoms with Gasteiger partial charge in [-0.1, -0.05) is 41.2 Å². The van der Waals surface area contributed by atoms with Crippen molar-refractivity contribution in [3.05, 3.63) is 12.2 Å². The number of carbonyl (C=O) groups excluding carboxylic acids is 4. The van der Waals surface area contributed by atoms with Gasteiger partial charge in [-0.3, -0.25) is 14.4 Å². The monoisotopic (exact) mass is 454 g/mol. The van der Waals surface area contributed by atoms with Crippen LogP contribution >= 0.6 is 0 Å². The molecule has 0 amide bonds. The standard InChI is InChI=1S/C23H34O9/c1-10(2)20(26)30-17-12(5)8-9-14(24)23(7,29)19(32-21(27)11(3)4)18-15(16(17)25)13(6)22(28)31-18/h10-12,15-19,25,29H,6,8-9H2,1-5,7H3/t12-,15-,16-,17-,18-,19-,23+/m0/s1. The molecule has 180 valence electrons. The van der Waals surface area contributed by atoms with Gasteiger partial charge in [-0.15, -0.1) is 0 Å². The molecule has 7 atom stereocenters. The van der Waals surface area contributed by atoms with Crippen molar-refractivity contribution in [2.24, 2.45) is 23.7 Å². The van der Waals surface area contributed by atoms with Crippen LogP contribution in [0.25, 0.3) is 0 Å². The molecule has 1 saturated carbocycles. The van der Waals surface area contributed by atoms with Crippen LogP contribution in [0.2, 0.25) is 0 Å². The van der Waals surface area contributed by atoms with E-state index in [2.05, 4.69) is 6.58 Å². The van der Waals surface area contributed by atoms with Crippen molar-refractivity contribution >= 4 is 23.7 Å². The number of aliphatic hydroxyl groups excluding tert-OH is 1. The van der Waals surface area contributed by atoms with Crippen LogP contribution in [0.5, 0.6) is 0 Å². The molecule has 9 heteroatoms. The van der Waals surface area contributed by atoms with Crippen molar-refractivity contribution < 1.29 is 43.6 Å².